The Hall–Kier alpha value is -4.45. The number of aryl methyl sites for hydroxylation is 1. The maximum Gasteiger partial charge on any atom is 0.416 e. The van der Waals surface area contributed by atoms with Crippen LogP contribution in [0.4, 0.5) is 13.2 Å². The molecule has 0 aliphatic carbocycles. The Balaban J connectivity index is 1.72. The van der Waals surface area contributed by atoms with Crippen LogP contribution in [0.3, 0.4) is 0 Å². The smallest absolute Gasteiger partial charge is 0.416 e. The lowest BCUT2D eigenvalue weighted by Gasteiger charge is -2.15. The number of rotatable bonds is 3. The highest BCUT2D eigenvalue weighted by atomic mass is 19.4. The van der Waals surface area contributed by atoms with Crippen molar-refractivity contribution >= 4 is 32.6 Å². The third kappa shape index (κ3) is 3.95. The van der Waals surface area contributed by atoms with Gasteiger partial charge in [-0.05, 0) is 54.1 Å². The molecule has 0 saturated carbocycles. The first-order chi connectivity index (χ1) is 17.8. The lowest BCUT2D eigenvalue weighted by Crippen LogP contribution is -2.04. The third-order valence-corrected chi connectivity index (χ3v) is 6.65. The molecule has 6 rings (SSSR count). The van der Waals surface area contributed by atoms with E-state index in [0.717, 1.165) is 50.3 Å². The van der Waals surface area contributed by atoms with Crippen molar-refractivity contribution in [1.82, 2.24) is 9.97 Å². The molecule has 182 valence electrons. The van der Waals surface area contributed by atoms with Crippen LogP contribution in [0.25, 0.3) is 55.1 Å². The van der Waals surface area contributed by atoms with E-state index in [2.05, 4.69) is 12.1 Å². The first kappa shape index (κ1) is 23.0. The van der Waals surface area contributed by atoms with Crippen molar-refractivity contribution in [3.63, 3.8) is 0 Å². The Morgan fingerprint density at radius 1 is 0.622 bits per heavy atom. The Morgan fingerprint density at radius 2 is 1.16 bits per heavy atom. The largest absolute Gasteiger partial charge is 0.497 e. The number of nitrogens with zero attached hydrogens (tertiary/aromatic N) is 2. The monoisotopic (exact) mass is 494 g/mol. The summed E-state index contributed by atoms with van der Waals surface area (Å²) in [5, 5.41) is 4.05. The second kappa shape index (κ2) is 8.59. The summed E-state index contributed by atoms with van der Waals surface area (Å²) in [4.78, 5) is 10.2. The zero-order chi connectivity index (χ0) is 25.7. The maximum atomic E-state index is 13.3. The van der Waals surface area contributed by atoms with Crippen molar-refractivity contribution in [3.05, 3.63) is 102 Å². The van der Waals surface area contributed by atoms with Crippen molar-refractivity contribution in [2.75, 3.05) is 7.11 Å². The zero-order valence-electron chi connectivity index (χ0n) is 20.1. The van der Waals surface area contributed by atoms with Crippen LogP contribution in [-0.2, 0) is 6.18 Å². The fourth-order valence-electron chi connectivity index (χ4n) is 4.79. The van der Waals surface area contributed by atoms with Gasteiger partial charge >= 0.3 is 6.18 Å². The highest BCUT2D eigenvalue weighted by Crippen LogP contribution is 2.39. The predicted octanol–water partition coefficient (Wildman–Crippen LogP) is 8.61. The van der Waals surface area contributed by atoms with Crippen LogP contribution < -0.4 is 4.74 Å². The standard InChI is InChI=1S/C31H21F3N2O/c1-18-7-16-25-26(17-18)23-5-3-4-6-24(23)29-30(25)36-27(19-8-12-21(13-9-19)31(32,33)34)28(35-29)20-10-14-22(37-2)15-11-20/h3-17H,1-2H3. The summed E-state index contributed by atoms with van der Waals surface area (Å²) in [7, 11) is 1.59. The van der Waals surface area contributed by atoms with Crippen LogP contribution in [0.1, 0.15) is 11.1 Å². The van der Waals surface area contributed by atoms with Gasteiger partial charge in [0.25, 0.3) is 0 Å². The minimum atomic E-state index is -4.42. The molecule has 0 unspecified atom stereocenters. The second-order valence-corrected chi connectivity index (χ2v) is 9.02. The first-order valence-corrected chi connectivity index (χ1v) is 11.8. The SMILES string of the molecule is COc1ccc(-c2nc3c4ccccc4c4cc(C)ccc4c3nc2-c2ccc(C(F)(F)F)cc2)cc1. The van der Waals surface area contributed by atoms with Crippen molar-refractivity contribution in [3.8, 4) is 28.3 Å². The fourth-order valence-corrected chi connectivity index (χ4v) is 4.79. The van der Waals surface area contributed by atoms with Crippen molar-refractivity contribution in [1.29, 1.82) is 0 Å². The molecule has 6 heteroatoms. The summed E-state index contributed by atoms with van der Waals surface area (Å²) in [6.45, 7) is 2.05. The van der Waals surface area contributed by atoms with E-state index in [9.17, 15) is 13.2 Å². The molecule has 5 aromatic carbocycles. The van der Waals surface area contributed by atoms with E-state index in [4.69, 9.17) is 14.7 Å². The summed E-state index contributed by atoms with van der Waals surface area (Å²) < 4.78 is 45.1. The Morgan fingerprint density at radius 3 is 1.73 bits per heavy atom. The number of halogens is 3. The van der Waals surface area contributed by atoms with E-state index < -0.39 is 11.7 Å². The molecule has 1 aromatic heterocycles. The molecule has 0 aliphatic heterocycles. The summed E-state index contributed by atoms with van der Waals surface area (Å²) in [5.74, 6) is 0.695. The van der Waals surface area contributed by atoms with E-state index in [1.165, 1.54) is 12.1 Å². The van der Waals surface area contributed by atoms with Gasteiger partial charge in [0.05, 0.1) is 35.1 Å². The van der Waals surface area contributed by atoms with Crippen LogP contribution in [0.15, 0.2) is 91.0 Å². The minimum absolute atomic E-state index is 0.517. The average Bonchev–Trinajstić information content (AvgIpc) is 2.92. The van der Waals surface area contributed by atoms with E-state index in [0.29, 0.717) is 28.2 Å². The Labute approximate surface area is 211 Å². The summed E-state index contributed by atoms with van der Waals surface area (Å²) >= 11 is 0. The molecule has 0 radical (unpaired) electrons. The molecule has 0 aliphatic rings. The molecule has 0 spiro atoms. The van der Waals surface area contributed by atoms with E-state index >= 15 is 0 Å². The number of hydrogen-bond acceptors (Lipinski definition) is 3. The van der Waals surface area contributed by atoms with E-state index in [1.54, 1.807) is 7.11 Å². The summed E-state index contributed by atoms with van der Waals surface area (Å²) in [6.07, 6.45) is -4.42. The van der Waals surface area contributed by atoms with Gasteiger partial charge in [0, 0.05) is 21.9 Å². The maximum absolute atomic E-state index is 13.3. The molecule has 0 N–H and O–H groups in total. The van der Waals surface area contributed by atoms with Crippen molar-refractivity contribution in [2.45, 2.75) is 13.1 Å². The van der Waals surface area contributed by atoms with Crippen LogP contribution in [0.5, 0.6) is 5.75 Å². The first-order valence-electron chi connectivity index (χ1n) is 11.8. The number of fused-ring (bicyclic) bond motifs is 6. The van der Waals surface area contributed by atoms with Gasteiger partial charge in [-0.25, -0.2) is 9.97 Å². The van der Waals surface area contributed by atoms with Gasteiger partial charge in [0.15, 0.2) is 0 Å². The number of benzene rings is 5. The molecule has 0 bridgehead atoms. The second-order valence-electron chi connectivity index (χ2n) is 9.02. The molecule has 3 nitrogen and oxygen atoms in total. The molecule has 1 heterocycles. The molecule has 37 heavy (non-hydrogen) atoms. The minimum Gasteiger partial charge on any atom is -0.497 e. The summed E-state index contributed by atoms with van der Waals surface area (Å²) in [5.41, 5.74) is 4.33. The third-order valence-electron chi connectivity index (χ3n) is 6.65. The molecule has 6 aromatic rings. The van der Waals surface area contributed by atoms with Crippen LogP contribution in [0.2, 0.25) is 0 Å². The van der Waals surface area contributed by atoms with Crippen LogP contribution >= 0.6 is 0 Å². The number of aromatic nitrogens is 2. The normalized spacial score (nSPS) is 11.9. The lowest BCUT2D eigenvalue weighted by molar-refractivity contribution is -0.137. The predicted molar refractivity (Wildman–Crippen MR) is 142 cm³/mol. The Bertz CT molecular complexity index is 1790. The highest BCUT2D eigenvalue weighted by Gasteiger charge is 2.30. The zero-order valence-corrected chi connectivity index (χ0v) is 20.1. The number of hydrogen-bond donors (Lipinski definition) is 0. The van der Waals surface area contributed by atoms with Gasteiger partial charge < -0.3 is 4.74 Å². The average molecular weight is 495 g/mol. The van der Waals surface area contributed by atoms with Gasteiger partial charge in [-0.1, -0.05) is 60.2 Å². The number of ether oxygens (including phenoxy) is 1. The molecule has 0 amide bonds. The quantitative estimate of drug-likeness (QED) is 0.231. The molecule has 0 atom stereocenters. The number of alkyl halides is 3. The van der Waals surface area contributed by atoms with Crippen LogP contribution in [-0.4, -0.2) is 17.1 Å². The van der Waals surface area contributed by atoms with Crippen molar-refractivity contribution < 1.29 is 17.9 Å². The van der Waals surface area contributed by atoms with Gasteiger partial charge in [0.1, 0.15) is 5.75 Å². The molecular weight excluding hydrogens is 473 g/mol. The lowest BCUT2D eigenvalue weighted by atomic mass is 9.96. The molecule has 0 fully saturated rings. The molecular formula is C31H21F3N2O. The van der Waals surface area contributed by atoms with Gasteiger partial charge in [-0.2, -0.15) is 13.2 Å². The highest BCUT2D eigenvalue weighted by molar-refractivity contribution is 6.23. The van der Waals surface area contributed by atoms with Gasteiger partial charge in [-0.3, -0.25) is 0 Å². The number of methoxy groups -OCH3 is 1. The summed E-state index contributed by atoms with van der Waals surface area (Å²) in [6, 6.07) is 26.8. The van der Waals surface area contributed by atoms with Crippen LogP contribution in [0, 0.1) is 6.92 Å². The fraction of sp³-hybridized carbons (Fsp3) is 0.0968. The van der Waals surface area contributed by atoms with Crippen molar-refractivity contribution in [2.24, 2.45) is 0 Å². The van der Waals surface area contributed by atoms with E-state index in [-0.39, 0.29) is 0 Å². The van der Waals surface area contributed by atoms with Gasteiger partial charge in [0.2, 0.25) is 0 Å². The van der Waals surface area contributed by atoms with Gasteiger partial charge in [-0.15, -0.1) is 0 Å². The van der Waals surface area contributed by atoms with E-state index in [1.807, 2.05) is 61.5 Å². The molecule has 0 saturated heterocycles. The topological polar surface area (TPSA) is 35.0 Å². The Kier molecular flexibility index (Phi) is 5.33.